The predicted molar refractivity (Wildman–Crippen MR) is 123 cm³/mol. The summed E-state index contributed by atoms with van der Waals surface area (Å²) in [6, 6.07) is 5.62. The van der Waals surface area contributed by atoms with E-state index in [1.807, 2.05) is 18.3 Å². The Morgan fingerprint density at radius 2 is 2.00 bits per heavy atom. The Bertz CT molecular complexity index is 898. The summed E-state index contributed by atoms with van der Waals surface area (Å²) >= 11 is 3.31. The molecule has 160 valence electrons. The van der Waals surface area contributed by atoms with Crippen molar-refractivity contribution in [1.29, 1.82) is 0 Å². The molecule has 0 spiro atoms. The molecular weight excluding hydrogens is 418 g/mol. The molecule has 4 rings (SSSR count). The zero-order valence-electron chi connectivity index (χ0n) is 17.0. The van der Waals surface area contributed by atoms with Crippen molar-refractivity contribution in [2.75, 3.05) is 43.5 Å². The van der Waals surface area contributed by atoms with Gasteiger partial charge >= 0.3 is 0 Å². The number of hydrogen-bond donors (Lipinski definition) is 3. The number of ether oxygens (including phenoxy) is 1. The van der Waals surface area contributed by atoms with Crippen LogP contribution in [0, 0.1) is 0 Å². The zero-order chi connectivity index (χ0) is 20.9. The first-order valence-corrected chi connectivity index (χ1v) is 11.9. The number of nitrogens with two attached hydrogens (primary N) is 2. The summed E-state index contributed by atoms with van der Waals surface area (Å²) in [6.45, 7) is 6.11. The van der Waals surface area contributed by atoms with E-state index in [-0.39, 0.29) is 5.37 Å². The lowest BCUT2D eigenvalue weighted by Gasteiger charge is -2.16. The van der Waals surface area contributed by atoms with Crippen LogP contribution in [0.15, 0.2) is 40.2 Å². The standard InChI is InChI=1S/C20H27N7OS2/c1-13-15(12-29-20-25-16(21)11-17(22)26-20)24-19(30-13)14-4-5-23-18(10-14)28-9-8-27-6-2-3-7-27/h4-5,10-11,19,24H,2-3,6-9,12H2,1H3,(H4,21,22,25,26). The maximum absolute atomic E-state index is 5.90. The Kier molecular flexibility index (Phi) is 6.86. The van der Waals surface area contributed by atoms with Crippen LogP contribution >= 0.6 is 23.5 Å². The number of rotatable bonds is 8. The van der Waals surface area contributed by atoms with E-state index in [2.05, 4.69) is 32.1 Å². The molecule has 0 bridgehead atoms. The topological polar surface area (TPSA) is 115 Å². The van der Waals surface area contributed by atoms with Gasteiger partial charge in [-0.3, -0.25) is 4.90 Å². The highest BCUT2D eigenvalue weighted by Crippen LogP contribution is 2.41. The second-order valence-corrected chi connectivity index (χ2v) is 9.55. The SMILES string of the molecule is CC1=C(CSc2nc(N)cc(N)n2)NC(c2ccnc(OCCN3CCCC3)c2)S1. The monoisotopic (exact) mass is 445 g/mol. The van der Waals surface area contributed by atoms with Gasteiger partial charge in [-0.15, -0.1) is 0 Å². The highest BCUT2D eigenvalue weighted by molar-refractivity contribution is 8.03. The molecule has 0 aromatic carbocycles. The summed E-state index contributed by atoms with van der Waals surface area (Å²) in [5.41, 5.74) is 13.8. The fourth-order valence-electron chi connectivity index (χ4n) is 3.45. The third-order valence-electron chi connectivity index (χ3n) is 5.03. The van der Waals surface area contributed by atoms with Crippen molar-refractivity contribution >= 4 is 35.2 Å². The molecule has 10 heteroatoms. The molecule has 1 saturated heterocycles. The van der Waals surface area contributed by atoms with Crippen molar-refractivity contribution in [2.45, 2.75) is 30.3 Å². The highest BCUT2D eigenvalue weighted by atomic mass is 32.2. The molecule has 1 atom stereocenters. The average molecular weight is 446 g/mol. The summed E-state index contributed by atoms with van der Waals surface area (Å²) in [6.07, 6.45) is 4.40. The number of thioether (sulfide) groups is 2. The van der Waals surface area contributed by atoms with Gasteiger partial charge in [-0.25, -0.2) is 15.0 Å². The van der Waals surface area contributed by atoms with Crippen molar-refractivity contribution in [3.8, 4) is 5.88 Å². The molecule has 4 heterocycles. The molecule has 0 aliphatic carbocycles. The molecule has 30 heavy (non-hydrogen) atoms. The molecule has 2 aromatic heterocycles. The van der Waals surface area contributed by atoms with E-state index in [9.17, 15) is 0 Å². The van der Waals surface area contributed by atoms with Crippen LogP contribution < -0.4 is 21.5 Å². The average Bonchev–Trinajstić information content (AvgIpc) is 3.36. The lowest BCUT2D eigenvalue weighted by molar-refractivity contribution is 0.232. The minimum atomic E-state index is 0.136. The summed E-state index contributed by atoms with van der Waals surface area (Å²) in [4.78, 5) is 16.5. The highest BCUT2D eigenvalue weighted by Gasteiger charge is 2.24. The number of nitrogens with zero attached hydrogens (tertiary/aromatic N) is 4. The van der Waals surface area contributed by atoms with Gasteiger partial charge in [-0.2, -0.15) is 0 Å². The summed E-state index contributed by atoms with van der Waals surface area (Å²) in [5, 5.41) is 4.32. The maximum Gasteiger partial charge on any atom is 0.213 e. The van der Waals surface area contributed by atoms with Crippen molar-refractivity contribution in [3.63, 3.8) is 0 Å². The van der Waals surface area contributed by atoms with E-state index >= 15 is 0 Å². The van der Waals surface area contributed by atoms with Crippen LogP contribution in [0.25, 0.3) is 0 Å². The maximum atomic E-state index is 5.90. The van der Waals surface area contributed by atoms with Gasteiger partial charge < -0.3 is 21.5 Å². The number of hydrogen-bond acceptors (Lipinski definition) is 10. The van der Waals surface area contributed by atoms with Gasteiger partial charge in [0, 0.05) is 41.2 Å². The number of pyridine rings is 1. The molecular formula is C20H27N7OS2. The number of nitrogens with one attached hydrogen (secondary N) is 1. The van der Waals surface area contributed by atoms with Crippen molar-refractivity contribution in [2.24, 2.45) is 0 Å². The van der Waals surface area contributed by atoms with Gasteiger partial charge in [0.05, 0.1) is 0 Å². The summed E-state index contributed by atoms with van der Waals surface area (Å²) < 4.78 is 5.90. The molecule has 0 amide bonds. The minimum Gasteiger partial charge on any atom is -0.476 e. The molecule has 0 saturated carbocycles. The molecule has 0 radical (unpaired) electrons. The molecule has 1 unspecified atom stereocenters. The fourth-order valence-corrected chi connectivity index (χ4v) is 5.56. The van der Waals surface area contributed by atoms with Gasteiger partial charge in [0.1, 0.15) is 23.6 Å². The Morgan fingerprint density at radius 3 is 2.77 bits per heavy atom. The van der Waals surface area contributed by atoms with E-state index in [1.54, 1.807) is 17.8 Å². The van der Waals surface area contributed by atoms with Crippen LogP contribution in [0.4, 0.5) is 11.6 Å². The molecule has 2 aromatic rings. The Hall–Kier alpha value is -2.17. The number of aromatic nitrogens is 3. The van der Waals surface area contributed by atoms with E-state index < -0.39 is 0 Å². The second kappa shape index (κ2) is 9.76. The van der Waals surface area contributed by atoms with Gasteiger partial charge in [0.15, 0.2) is 5.16 Å². The third kappa shape index (κ3) is 5.50. The normalized spacial score (nSPS) is 19.3. The molecule has 5 N–H and O–H groups in total. The van der Waals surface area contributed by atoms with Gasteiger partial charge in [-0.05, 0) is 44.5 Å². The molecule has 2 aliphatic heterocycles. The van der Waals surface area contributed by atoms with Crippen molar-refractivity contribution in [3.05, 3.63) is 40.6 Å². The molecule has 1 fully saturated rings. The number of anilines is 2. The number of nitrogen functional groups attached to an aromatic ring is 2. The smallest absolute Gasteiger partial charge is 0.213 e. The first-order valence-electron chi connectivity index (χ1n) is 10.0. The van der Waals surface area contributed by atoms with E-state index in [4.69, 9.17) is 16.2 Å². The van der Waals surface area contributed by atoms with Crippen LogP contribution in [0.3, 0.4) is 0 Å². The van der Waals surface area contributed by atoms with Gasteiger partial charge in [-0.1, -0.05) is 23.5 Å². The van der Waals surface area contributed by atoms with E-state index in [1.165, 1.54) is 42.6 Å². The lowest BCUT2D eigenvalue weighted by atomic mass is 10.2. The largest absolute Gasteiger partial charge is 0.476 e. The van der Waals surface area contributed by atoms with Crippen molar-refractivity contribution < 1.29 is 4.74 Å². The van der Waals surface area contributed by atoms with Gasteiger partial charge in [0.2, 0.25) is 5.88 Å². The molecule has 2 aliphatic rings. The quantitative estimate of drug-likeness (QED) is 0.414. The Morgan fingerprint density at radius 1 is 1.23 bits per heavy atom. The summed E-state index contributed by atoms with van der Waals surface area (Å²) in [5.74, 6) is 2.17. The van der Waals surface area contributed by atoms with Crippen LogP contribution in [0.2, 0.25) is 0 Å². The van der Waals surface area contributed by atoms with Crippen LogP contribution in [0.5, 0.6) is 5.88 Å². The van der Waals surface area contributed by atoms with E-state index in [0.717, 1.165) is 23.6 Å². The lowest BCUT2D eigenvalue weighted by Crippen LogP contribution is -2.25. The van der Waals surface area contributed by atoms with Crippen LogP contribution in [0.1, 0.15) is 30.7 Å². The van der Waals surface area contributed by atoms with Crippen LogP contribution in [-0.4, -0.2) is 51.8 Å². The summed E-state index contributed by atoms with van der Waals surface area (Å²) in [7, 11) is 0. The second-order valence-electron chi connectivity index (χ2n) is 7.29. The Balaban J connectivity index is 1.31. The minimum absolute atomic E-state index is 0.136. The van der Waals surface area contributed by atoms with Crippen molar-refractivity contribution in [1.82, 2.24) is 25.2 Å². The zero-order valence-corrected chi connectivity index (χ0v) is 18.6. The van der Waals surface area contributed by atoms with E-state index in [0.29, 0.717) is 29.3 Å². The van der Waals surface area contributed by atoms with Crippen LogP contribution in [-0.2, 0) is 0 Å². The first-order chi connectivity index (χ1) is 14.6. The van der Waals surface area contributed by atoms with Gasteiger partial charge in [0.25, 0.3) is 0 Å². The number of allylic oxidation sites excluding steroid dienone is 1. The first kappa shape index (κ1) is 21.1. The third-order valence-corrected chi connectivity index (χ3v) is 7.13. The number of likely N-dealkylation sites (tertiary alicyclic amines) is 1. The fraction of sp³-hybridized carbons (Fsp3) is 0.450. The predicted octanol–water partition coefficient (Wildman–Crippen LogP) is 2.87. The Labute approximate surface area is 185 Å². The molecule has 8 nitrogen and oxygen atoms in total.